The lowest BCUT2D eigenvalue weighted by atomic mass is 10.0. The van der Waals surface area contributed by atoms with Gasteiger partial charge in [-0.15, -0.1) is 0 Å². The molecule has 0 N–H and O–H groups in total. The van der Waals surface area contributed by atoms with Crippen molar-refractivity contribution in [2.45, 2.75) is 6.18 Å². The van der Waals surface area contributed by atoms with Crippen molar-refractivity contribution in [3.05, 3.63) is 53.1 Å². The molecule has 0 amide bonds. The van der Waals surface area contributed by atoms with Crippen molar-refractivity contribution in [3.8, 4) is 23.3 Å². The molecule has 0 aliphatic carbocycles. The van der Waals surface area contributed by atoms with Crippen molar-refractivity contribution in [1.82, 2.24) is 0 Å². The molecule has 0 heterocycles. The number of halogens is 3. The molecule has 26 heavy (non-hydrogen) atoms. The average molecular weight is 363 g/mol. The molecular formula is C19H16F3NO3. The molecule has 0 unspecified atom stereocenters. The number of allylic oxidation sites excluding steroid dienone is 1. The van der Waals surface area contributed by atoms with Gasteiger partial charge < -0.3 is 14.2 Å². The molecular weight excluding hydrogens is 347 g/mol. The third-order valence-corrected chi connectivity index (χ3v) is 3.66. The Kier molecular flexibility index (Phi) is 5.78. The quantitative estimate of drug-likeness (QED) is 0.566. The van der Waals surface area contributed by atoms with E-state index in [0.717, 1.165) is 12.1 Å². The first kappa shape index (κ1) is 19.2. The maximum atomic E-state index is 12.9. The number of ether oxygens (including phenoxy) is 3. The van der Waals surface area contributed by atoms with Crippen molar-refractivity contribution >= 4 is 11.6 Å². The highest BCUT2D eigenvalue weighted by Gasteiger charge is 2.30. The van der Waals surface area contributed by atoms with Crippen LogP contribution in [0.2, 0.25) is 0 Å². The lowest BCUT2D eigenvalue weighted by Gasteiger charge is -2.13. The van der Waals surface area contributed by atoms with Crippen LogP contribution in [0, 0.1) is 11.3 Å². The number of hydrogen-bond acceptors (Lipinski definition) is 4. The Morgan fingerprint density at radius 3 is 2.08 bits per heavy atom. The third kappa shape index (κ3) is 4.09. The van der Waals surface area contributed by atoms with Crippen LogP contribution in [0.5, 0.6) is 17.2 Å². The molecule has 0 atom stereocenters. The minimum absolute atomic E-state index is 0.0397. The molecule has 2 rings (SSSR count). The largest absolute Gasteiger partial charge is 0.496 e. The van der Waals surface area contributed by atoms with Crippen molar-refractivity contribution in [2.24, 2.45) is 0 Å². The van der Waals surface area contributed by atoms with Crippen LogP contribution in [0.4, 0.5) is 13.2 Å². The summed E-state index contributed by atoms with van der Waals surface area (Å²) < 4.78 is 54.5. The summed E-state index contributed by atoms with van der Waals surface area (Å²) in [6.45, 7) is 0. The van der Waals surface area contributed by atoms with E-state index in [1.165, 1.54) is 39.5 Å². The Morgan fingerprint density at radius 1 is 1.00 bits per heavy atom. The summed E-state index contributed by atoms with van der Waals surface area (Å²) in [6.07, 6.45) is -3.07. The number of rotatable bonds is 5. The Balaban J connectivity index is 2.62. The normalized spacial score (nSPS) is 11.7. The summed E-state index contributed by atoms with van der Waals surface area (Å²) in [5.41, 5.74) is -0.227. The van der Waals surface area contributed by atoms with Crippen molar-refractivity contribution in [3.63, 3.8) is 0 Å². The highest BCUT2D eigenvalue weighted by molar-refractivity contribution is 5.92. The van der Waals surface area contributed by atoms with Gasteiger partial charge in [0.1, 0.15) is 17.2 Å². The SMILES string of the molecule is COc1cc(OC)c(C=C(C#N)c2cccc(C(F)(F)F)c2)c(OC)c1. The van der Waals surface area contributed by atoms with Gasteiger partial charge >= 0.3 is 6.18 Å². The Morgan fingerprint density at radius 2 is 1.62 bits per heavy atom. The number of alkyl halides is 3. The van der Waals surface area contributed by atoms with Crippen LogP contribution in [0.15, 0.2) is 36.4 Å². The van der Waals surface area contributed by atoms with Crippen LogP contribution in [0.25, 0.3) is 11.6 Å². The highest BCUT2D eigenvalue weighted by Crippen LogP contribution is 2.37. The van der Waals surface area contributed by atoms with Crippen LogP contribution in [-0.2, 0) is 6.18 Å². The summed E-state index contributed by atoms with van der Waals surface area (Å²) in [4.78, 5) is 0. The first-order chi connectivity index (χ1) is 12.3. The standard InChI is InChI=1S/C19H16F3NO3/c1-24-15-9-17(25-2)16(18(10-15)26-3)8-13(11-23)12-5-4-6-14(7-12)19(20,21)22/h4-10H,1-3H3. The van der Waals surface area contributed by atoms with E-state index in [1.807, 2.05) is 6.07 Å². The lowest BCUT2D eigenvalue weighted by Crippen LogP contribution is -2.05. The zero-order valence-electron chi connectivity index (χ0n) is 14.3. The molecule has 4 nitrogen and oxygen atoms in total. The second kappa shape index (κ2) is 7.83. The number of nitriles is 1. The van der Waals surface area contributed by atoms with E-state index in [9.17, 15) is 18.4 Å². The zero-order valence-corrected chi connectivity index (χ0v) is 14.3. The van der Waals surface area contributed by atoms with Crippen molar-refractivity contribution in [2.75, 3.05) is 21.3 Å². The monoisotopic (exact) mass is 363 g/mol. The van der Waals surface area contributed by atoms with Crippen LogP contribution in [0.3, 0.4) is 0 Å². The molecule has 136 valence electrons. The van der Waals surface area contributed by atoms with Gasteiger partial charge in [0.05, 0.1) is 44.1 Å². The fraction of sp³-hybridized carbons (Fsp3) is 0.211. The summed E-state index contributed by atoms with van der Waals surface area (Å²) >= 11 is 0. The molecule has 0 saturated heterocycles. The van der Waals surface area contributed by atoms with Gasteiger partial charge in [-0.1, -0.05) is 12.1 Å². The van der Waals surface area contributed by atoms with E-state index >= 15 is 0 Å². The summed E-state index contributed by atoms with van der Waals surface area (Å²) in [5, 5.41) is 9.46. The molecule has 0 aromatic heterocycles. The molecule has 0 aliphatic heterocycles. The Labute approximate surface area is 149 Å². The van der Waals surface area contributed by atoms with Crippen LogP contribution in [0.1, 0.15) is 16.7 Å². The highest BCUT2D eigenvalue weighted by atomic mass is 19.4. The molecule has 0 aliphatic rings. The van der Waals surface area contributed by atoms with Gasteiger partial charge in [0, 0.05) is 12.1 Å². The molecule has 0 spiro atoms. The minimum atomic E-state index is -4.49. The molecule has 0 fully saturated rings. The van der Waals surface area contributed by atoms with Crippen molar-refractivity contribution in [1.29, 1.82) is 5.26 Å². The second-order valence-corrected chi connectivity index (χ2v) is 5.19. The maximum Gasteiger partial charge on any atom is 0.416 e. The van der Waals surface area contributed by atoms with E-state index in [0.29, 0.717) is 22.8 Å². The number of benzene rings is 2. The summed E-state index contributed by atoms with van der Waals surface area (Å²) in [6, 6.07) is 9.69. The van der Waals surface area contributed by atoms with Crippen molar-refractivity contribution < 1.29 is 27.4 Å². The number of hydrogen-bond donors (Lipinski definition) is 0. The summed E-state index contributed by atoms with van der Waals surface area (Å²) in [7, 11) is 4.34. The predicted octanol–water partition coefficient (Wildman–Crippen LogP) is 4.80. The van der Waals surface area contributed by atoms with Gasteiger partial charge in [-0.25, -0.2) is 0 Å². The Hall–Kier alpha value is -3.14. The molecule has 2 aromatic carbocycles. The third-order valence-electron chi connectivity index (χ3n) is 3.66. The Bertz CT molecular complexity index is 842. The first-order valence-electron chi connectivity index (χ1n) is 7.43. The maximum absolute atomic E-state index is 12.9. The summed E-state index contributed by atoms with van der Waals surface area (Å²) in [5.74, 6) is 1.20. The van der Waals surface area contributed by atoms with Gasteiger partial charge in [-0.3, -0.25) is 0 Å². The van der Waals surface area contributed by atoms with Gasteiger partial charge in [-0.05, 0) is 23.8 Å². The number of methoxy groups -OCH3 is 3. The van der Waals surface area contributed by atoms with Crippen LogP contribution in [-0.4, -0.2) is 21.3 Å². The zero-order chi connectivity index (χ0) is 19.3. The van der Waals surface area contributed by atoms with E-state index in [1.54, 1.807) is 12.1 Å². The fourth-order valence-electron chi connectivity index (χ4n) is 2.36. The van der Waals surface area contributed by atoms with Crippen LogP contribution >= 0.6 is 0 Å². The smallest absolute Gasteiger partial charge is 0.416 e. The van der Waals surface area contributed by atoms with Gasteiger partial charge in [0.15, 0.2) is 0 Å². The lowest BCUT2D eigenvalue weighted by molar-refractivity contribution is -0.137. The van der Waals surface area contributed by atoms with E-state index in [2.05, 4.69) is 0 Å². The first-order valence-corrected chi connectivity index (χ1v) is 7.43. The topological polar surface area (TPSA) is 51.5 Å². The van der Waals surface area contributed by atoms with Gasteiger partial charge in [0.25, 0.3) is 0 Å². The minimum Gasteiger partial charge on any atom is -0.496 e. The average Bonchev–Trinajstić information content (AvgIpc) is 2.64. The molecule has 0 bridgehead atoms. The molecule has 0 saturated carbocycles. The van der Waals surface area contributed by atoms with Gasteiger partial charge in [0.2, 0.25) is 0 Å². The number of nitrogens with zero attached hydrogens (tertiary/aromatic N) is 1. The van der Waals surface area contributed by atoms with E-state index < -0.39 is 11.7 Å². The second-order valence-electron chi connectivity index (χ2n) is 5.19. The molecule has 2 aromatic rings. The van der Waals surface area contributed by atoms with E-state index in [-0.39, 0.29) is 11.1 Å². The fourth-order valence-corrected chi connectivity index (χ4v) is 2.36. The van der Waals surface area contributed by atoms with Gasteiger partial charge in [-0.2, -0.15) is 18.4 Å². The molecule has 0 radical (unpaired) electrons. The van der Waals surface area contributed by atoms with Crippen LogP contribution < -0.4 is 14.2 Å². The van der Waals surface area contributed by atoms with E-state index in [4.69, 9.17) is 14.2 Å². The predicted molar refractivity (Wildman–Crippen MR) is 91.0 cm³/mol. The molecule has 7 heteroatoms.